The molecule has 1 N–H and O–H groups in total. The maximum absolute atomic E-state index is 12.8. The summed E-state index contributed by atoms with van der Waals surface area (Å²) in [6, 6.07) is 14.8. The van der Waals surface area contributed by atoms with Crippen LogP contribution in [-0.2, 0) is 21.9 Å². The Morgan fingerprint density at radius 3 is 2.30 bits per heavy atom. The van der Waals surface area contributed by atoms with Gasteiger partial charge in [-0.15, -0.1) is 11.8 Å². The Morgan fingerprint density at radius 2 is 1.70 bits per heavy atom. The zero-order chi connectivity index (χ0) is 19.8. The third-order valence-corrected chi connectivity index (χ3v) is 5.86. The Labute approximate surface area is 177 Å². The van der Waals surface area contributed by atoms with Gasteiger partial charge in [-0.3, -0.25) is 9.59 Å². The summed E-state index contributed by atoms with van der Waals surface area (Å²) in [6.45, 7) is 2.14. The smallest absolute Gasteiger partial charge is 0.242 e. The van der Waals surface area contributed by atoms with Crippen LogP contribution in [0.4, 0.5) is 0 Å². The van der Waals surface area contributed by atoms with E-state index in [1.54, 1.807) is 18.9 Å². The van der Waals surface area contributed by atoms with Gasteiger partial charge >= 0.3 is 0 Å². The van der Waals surface area contributed by atoms with Crippen molar-refractivity contribution in [2.45, 2.75) is 25.3 Å². The molecular weight excluding hydrogens is 448 g/mol. The molecule has 2 aromatic carbocycles. The largest absolute Gasteiger partial charge is 0.357 e. The van der Waals surface area contributed by atoms with Crippen LogP contribution < -0.4 is 5.32 Å². The summed E-state index contributed by atoms with van der Waals surface area (Å²) in [5.74, 6) is 0.778. The van der Waals surface area contributed by atoms with Crippen LogP contribution in [0.1, 0.15) is 18.1 Å². The minimum Gasteiger partial charge on any atom is -0.357 e. The van der Waals surface area contributed by atoms with Crippen molar-refractivity contribution in [1.29, 1.82) is 0 Å². The lowest BCUT2D eigenvalue weighted by molar-refractivity contribution is -0.138. The molecule has 2 amide bonds. The summed E-state index contributed by atoms with van der Waals surface area (Å²) >= 11 is 10.8. The fourth-order valence-corrected chi connectivity index (χ4v) is 3.76. The molecule has 0 aliphatic carbocycles. The topological polar surface area (TPSA) is 49.4 Å². The molecule has 1 atom stereocenters. The van der Waals surface area contributed by atoms with E-state index in [0.717, 1.165) is 15.6 Å². The van der Waals surface area contributed by atoms with E-state index in [2.05, 4.69) is 21.2 Å². The number of halogens is 2. The third-order valence-electron chi connectivity index (χ3n) is 4.09. The Bertz CT molecular complexity index is 769. The van der Waals surface area contributed by atoms with E-state index in [0.29, 0.717) is 23.1 Å². The highest BCUT2D eigenvalue weighted by Gasteiger charge is 2.25. The lowest BCUT2D eigenvalue weighted by atomic mass is 10.1. The molecule has 0 bridgehead atoms. The van der Waals surface area contributed by atoms with Gasteiger partial charge < -0.3 is 10.2 Å². The number of thioether (sulfide) groups is 1. The second kappa shape index (κ2) is 10.7. The predicted octanol–water partition coefficient (Wildman–Crippen LogP) is 4.50. The fraction of sp³-hybridized carbons (Fsp3) is 0.300. The number of benzene rings is 2. The van der Waals surface area contributed by atoms with Crippen molar-refractivity contribution in [2.24, 2.45) is 0 Å². The molecule has 2 rings (SSSR count). The van der Waals surface area contributed by atoms with Crippen molar-refractivity contribution >= 4 is 51.1 Å². The SMILES string of the molecule is CNC(=O)C(C)N(Cc1ccc(Br)cc1)C(=O)CSCc1ccc(Cl)cc1. The first-order valence-electron chi connectivity index (χ1n) is 8.48. The zero-order valence-corrected chi connectivity index (χ0v) is 18.4. The molecule has 4 nitrogen and oxygen atoms in total. The van der Waals surface area contributed by atoms with Crippen LogP contribution >= 0.6 is 39.3 Å². The van der Waals surface area contributed by atoms with Crippen molar-refractivity contribution in [2.75, 3.05) is 12.8 Å². The summed E-state index contributed by atoms with van der Waals surface area (Å²) in [5, 5.41) is 3.32. The number of hydrogen-bond acceptors (Lipinski definition) is 3. The van der Waals surface area contributed by atoms with Crippen molar-refractivity contribution < 1.29 is 9.59 Å². The van der Waals surface area contributed by atoms with Crippen LogP contribution in [0.3, 0.4) is 0 Å². The number of nitrogens with one attached hydrogen (secondary N) is 1. The van der Waals surface area contributed by atoms with E-state index < -0.39 is 6.04 Å². The van der Waals surface area contributed by atoms with Gasteiger partial charge in [0.15, 0.2) is 0 Å². The first-order valence-corrected chi connectivity index (χ1v) is 10.8. The van der Waals surface area contributed by atoms with Crippen molar-refractivity contribution in [3.8, 4) is 0 Å². The van der Waals surface area contributed by atoms with Crippen molar-refractivity contribution in [3.63, 3.8) is 0 Å². The first-order chi connectivity index (χ1) is 12.9. The summed E-state index contributed by atoms with van der Waals surface area (Å²) in [5.41, 5.74) is 2.08. The maximum atomic E-state index is 12.8. The molecule has 0 spiro atoms. The molecule has 0 aliphatic rings. The summed E-state index contributed by atoms with van der Waals surface area (Å²) in [6.07, 6.45) is 0. The van der Waals surface area contributed by atoms with Crippen LogP contribution in [0.15, 0.2) is 53.0 Å². The van der Waals surface area contributed by atoms with Crippen molar-refractivity contribution in [3.05, 3.63) is 69.2 Å². The summed E-state index contributed by atoms with van der Waals surface area (Å²) < 4.78 is 0.974. The lowest BCUT2D eigenvalue weighted by Crippen LogP contribution is -2.47. The highest BCUT2D eigenvalue weighted by atomic mass is 79.9. The lowest BCUT2D eigenvalue weighted by Gasteiger charge is -2.28. The summed E-state index contributed by atoms with van der Waals surface area (Å²) in [4.78, 5) is 26.5. The molecule has 0 aromatic heterocycles. The minimum atomic E-state index is -0.540. The van der Waals surface area contributed by atoms with Gasteiger partial charge in [-0.25, -0.2) is 0 Å². The molecular formula is C20H22BrClN2O2S. The second-order valence-electron chi connectivity index (χ2n) is 6.06. The van der Waals surface area contributed by atoms with Gasteiger partial charge in [-0.1, -0.05) is 51.8 Å². The van der Waals surface area contributed by atoms with Gasteiger partial charge in [-0.05, 0) is 42.3 Å². The molecule has 7 heteroatoms. The number of likely N-dealkylation sites (N-methyl/N-ethyl adjacent to an activating group) is 1. The van der Waals surface area contributed by atoms with Gasteiger partial charge in [0, 0.05) is 28.8 Å². The minimum absolute atomic E-state index is 0.0621. The molecule has 144 valence electrons. The third kappa shape index (κ3) is 6.87. The van der Waals surface area contributed by atoms with Crippen LogP contribution in [0, 0.1) is 0 Å². The molecule has 1 unspecified atom stereocenters. The Morgan fingerprint density at radius 1 is 1.11 bits per heavy atom. The van der Waals surface area contributed by atoms with Crippen LogP contribution in [-0.4, -0.2) is 35.6 Å². The Balaban J connectivity index is 2.02. The van der Waals surface area contributed by atoms with E-state index >= 15 is 0 Å². The molecule has 0 saturated heterocycles. The molecule has 0 aliphatic heterocycles. The van der Waals surface area contributed by atoms with Gasteiger partial charge in [0.1, 0.15) is 6.04 Å². The number of rotatable bonds is 8. The van der Waals surface area contributed by atoms with Crippen LogP contribution in [0.25, 0.3) is 0 Å². The monoisotopic (exact) mass is 468 g/mol. The quantitative estimate of drug-likeness (QED) is 0.619. The second-order valence-corrected chi connectivity index (χ2v) is 8.40. The van der Waals surface area contributed by atoms with Gasteiger partial charge in [-0.2, -0.15) is 0 Å². The first kappa shape index (κ1) is 21.8. The number of carbonyl (C=O) groups is 2. The average molecular weight is 470 g/mol. The Kier molecular flexibility index (Phi) is 8.67. The van der Waals surface area contributed by atoms with E-state index in [4.69, 9.17) is 11.6 Å². The Hall–Kier alpha value is -1.50. The highest BCUT2D eigenvalue weighted by Crippen LogP contribution is 2.18. The molecule has 0 saturated carbocycles. The number of amides is 2. The average Bonchev–Trinajstić information content (AvgIpc) is 2.67. The van der Waals surface area contributed by atoms with Gasteiger partial charge in [0.2, 0.25) is 11.8 Å². The molecule has 2 aromatic rings. The number of hydrogen-bond donors (Lipinski definition) is 1. The standard InChI is InChI=1S/C20H22BrClN2O2S/c1-14(20(26)23-2)24(11-15-3-7-17(21)8-4-15)19(25)13-27-12-16-5-9-18(22)10-6-16/h3-10,14H,11-13H2,1-2H3,(H,23,26). The normalized spacial score (nSPS) is 11.7. The van der Waals surface area contributed by atoms with Crippen molar-refractivity contribution in [1.82, 2.24) is 10.2 Å². The highest BCUT2D eigenvalue weighted by molar-refractivity contribution is 9.10. The predicted molar refractivity (Wildman–Crippen MR) is 116 cm³/mol. The number of nitrogens with zero attached hydrogens (tertiary/aromatic N) is 1. The van der Waals surface area contributed by atoms with Gasteiger partial charge in [0.25, 0.3) is 0 Å². The molecule has 0 heterocycles. The van der Waals surface area contributed by atoms with Crippen LogP contribution in [0.5, 0.6) is 0 Å². The van der Waals surface area contributed by atoms with E-state index in [-0.39, 0.29) is 11.8 Å². The van der Waals surface area contributed by atoms with E-state index in [9.17, 15) is 9.59 Å². The number of carbonyl (C=O) groups excluding carboxylic acids is 2. The van der Waals surface area contributed by atoms with Gasteiger partial charge in [0.05, 0.1) is 5.75 Å². The fourth-order valence-electron chi connectivity index (χ4n) is 2.50. The molecule has 0 fully saturated rings. The van der Waals surface area contributed by atoms with E-state index in [1.807, 2.05) is 48.5 Å². The maximum Gasteiger partial charge on any atom is 0.242 e. The molecule has 27 heavy (non-hydrogen) atoms. The molecule has 0 radical (unpaired) electrons. The summed E-state index contributed by atoms with van der Waals surface area (Å²) in [7, 11) is 1.58. The van der Waals surface area contributed by atoms with E-state index in [1.165, 1.54) is 11.8 Å². The van der Waals surface area contributed by atoms with Crippen LogP contribution in [0.2, 0.25) is 5.02 Å². The zero-order valence-electron chi connectivity index (χ0n) is 15.2.